The van der Waals surface area contributed by atoms with E-state index in [9.17, 15) is 14.0 Å². The van der Waals surface area contributed by atoms with E-state index in [1.165, 1.54) is 20.8 Å². The Labute approximate surface area is 82.4 Å². The number of halogens is 1. The molecule has 0 bridgehead atoms. The third-order valence-electron chi connectivity index (χ3n) is 1.65. The molecule has 0 saturated carbocycles. The van der Waals surface area contributed by atoms with E-state index in [1.807, 2.05) is 0 Å². The molecule has 82 valence electrons. The van der Waals surface area contributed by atoms with Gasteiger partial charge in [-0.2, -0.15) is 0 Å². The minimum Gasteiger partial charge on any atom is -0.465 e. The number of alkyl halides is 1. The molecule has 0 aromatic rings. The van der Waals surface area contributed by atoms with Crippen molar-refractivity contribution in [3.05, 3.63) is 0 Å². The number of carbonyl (C=O) groups excluding carboxylic acids is 2. The highest BCUT2D eigenvalue weighted by atomic mass is 19.1. The Balaban J connectivity index is 3.89. The van der Waals surface area contributed by atoms with Gasteiger partial charge in [0, 0.05) is 13.8 Å². The summed E-state index contributed by atoms with van der Waals surface area (Å²) in [6.45, 7) is 3.68. The zero-order valence-corrected chi connectivity index (χ0v) is 8.58. The minimum atomic E-state index is -1.19. The first-order valence-electron chi connectivity index (χ1n) is 4.34. The van der Waals surface area contributed by atoms with Gasteiger partial charge in [-0.3, -0.25) is 9.59 Å². The Bertz CT molecular complexity index is 185. The Morgan fingerprint density at radius 2 is 1.50 bits per heavy atom. The maximum Gasteiger partial charge on any atom is 0.302 e. The van der Waals surface area contributed by atoms with Gasteiger partial charge in [0.05, 0.1) is 5.92 Å². The molecule has 0 radical (unpaired) electrons. The molecule has 0 aromatic carbocycles. The number of carbonyl (C=O) groups is 2. The van der Waals surface area contributed by atoms with E-state index in [0.29, 0.717) is 0 Å². The summed E-state index contributed by atoms with van der Waals surface area (Å²) in [5, 5.41) is 0. The van der Waals surface area contributed by atoms with Gasteiger partial charge in [-0.15, -0.1) is 0 Å². The van der Waals surface area contributed by atoms with Crippen molar-refractivity contribution in [1.29, 1.82) is 0 Å². The summed E-state index contributed by atoms with van der Waals surface area (Å²) in [5.74, 6) is -1.54. The standard InChI is InChI=1S/C9H15FO4/c1-6(10)9(4-13-7(2)11)5-14-8(3)12/h6,9H,4-5H2,1-3H3/t6-/m1/s1. The van der Waals surface area contributed by atoms with Gasteiger partial charge in [-0.05, 0) is 6.92 Å². The summed E-state index contributed by atoms with van der Waals surface area (Å²) in [4.78, 5) is 20.9. The molecule has 14 heavy (non-hydrogen) atoms. The van der Waals surface area contributed by atoms with Crippen LogP contribution < -0.4 is 0 Å². The maximum atomic E-state index is 12.9. The third-order valence-corrected chi connectivity index (χ3v) is 1.65. The number of esters is 2. The van der Waals surface area contributed by atoms with E-state index >= 15 is 0 Å². The lowest BCUT2D eigenvalue weighted by Gasteiger charge is -2.17. The summed E-state index contributed by atoms with van der Waals surface area (Å²) in [6, 6.07) is 0. The molecule has 0 rings (SSSR count). The van der Waals surface area contributed by atoms with Crippen molar-refractivity contribution in [3.8, 4) is 0 Å². The summed E-state index contributed by atoms with van der Waals surface area (Å²) in [5.41, 5.74) is 0. The molecule has 5 heteroatoms. The molecule has 0 aliphatic carbocycles. The van der Waals surface area contributed by atoms with Crippen molar-refractivity contribution in [2.24, 2.45) is 5.92 Å². The molecule has 0 heterocycles. The second kappa shape index (κ2) is 6.34. The Morgan fingerprint density at radius 3 is 1.71 bits per heavy atom. The van der Waals surface area contributed by atoms with Crippen LogP contribution in [0.5, 0.6) is 0 Å². The molecule has 0 spiro atoms. The van der Waals surface area contributed by atoms with E-state index in [1.54, 1.807) is 0 Å². The number of hydrogen-bond acceptors (Lipinski definition) is 4. The van der Waals surface area contributed by atoms with Crippen LogP contribution >= 0.6 is 0 Å². The minimum absolute atomic E-state index is 0.0692. The fourth-order valence-electron chi connectivity index (χ4n) is 0.762. The number of hydrogen-bond donors (Lipinski definition) is 0. The van der Waals surface area contributed by atoms with Crippen LogP contribution in [0.15, 0.2) is 0 Å². The summed E-state index contributed by atoms with van der Waals surface area (Å²) < 4.78 is 22.1. The van der Waals surface area contributed by atoms with E-state index in [-0.39, 0.29) is 13.2 Å². The Morgan fingerprint density at radius 1 is 1.14 bits per heavy atom. The van der Waals surface area contributed by atoms with Crippen molar-refractivity contribution in [1.82, 2.24) is 0 Å². The van der Waals surface area contributed by atoms with E-state index in [4.69, 9.17) is 0 Å². The summed E-state index contributed by atoms with van der Waals surface area (Å²) in [6.07, 6.45) is -1.19. The Kier molecular flexibility index (Phi) is 5.83. The van der Waals surface area contributed by atoms with Crippen molar-refractivity contribution in [3.63, 3.8) is 0 Å². The second-order valence-corrected chi connectivity index (χ2v) is 3.04. The van der Waals surface area contributed by atoms with Crippen LogP contribution in [0.25, 0.3) is 0 Å². The maximum absolute atomic E-state index is 12.9. The topological polar surface area (TPSA) is 52.6 Å². The first kappa shape index (κ1) is 12.9. The quantitative estimate of drug-likeness (QED) is 0.632. The molecule has 0 aliphatic rings. The number of rotatable bonds is 5. The van der Waals surface area contributed by atoms with Gasteiger partial charge in [0.2, 0.25) is 0 Å². The van der Waals surface area contributed by atoms with Gasteiger partial charge >= 0.3 is 11.9 Å². The van der Waals surface area contributed by atoms with Crippen molar-refractivity contribution in [2.45, 2.75) is 26.9 Å². The third kappa shape index (κ3) is 6.39. The van der Waals surface area contributed by atoms with Gasteiger partial charge in [0.25, 0.3) is 0 Å². The molecule has 0 N–H and O–H groups in total. The molecular weight excluding hydrogens is 191 g/mol. The largest absolute Gasteiger partial charge is 0.465 e. The van der Waals surface area contributed by atoms with Crippen molar-refractivity contribution >= 4 is 11.9 Å². The van der Waals surface area contributed by atoms with Gasteiger partial charge in [-0.25, -0.2) is 4.39 Å². The van der Waals surface area contributed by atoms with Crippen LogP contribution in [0.2, 0.25) is 0 Å². The van der Waals surface area contributed by atoms with Crippen LogP contribution in [0, 0.1) is 5.92 Å². The van der Waals surface area contributed by atoms with Crippen molar-refractivity contribution in [2.75, 3.05) is 13.2 Å². The first-order chi connectivity index (χ1) is 6.43. The highest BCUT2D eigenvalue weighted by molar-refractivity contribution is 5.66. The van der Waals surface area contributed by atoms with Crippen LogP contribution in [0.3, 0.4) is 0 Å². The lowest BCUT2D eigenvalue weighted by atomic mass is 10.1. The molecule has 0 unspecified atom stereocenters. The highest BCUT2D eigenvalue weighted by Gasteiger charge is 2.19. The molecule has 4 nitrogen and oxygen atoms in total. The smallest absolute Gasteiger partial charge is 0.302 e. The fourth-order valence-corrected chi connectivity index (χ4v) is 0.762. The number of ether oxygens (including phenoxy) is 2. The van der Waals surface area contributed by atoms with E-state index < -0.39 is 24.0 Å². The molecule has 0 fully saturated rings. The average Bonchev–Trinajstić information content (AvgIpc) is 2.02. The predicted molar refractivity (Wildman–Crippen MR) is 47.3 cm³/mol. The van der Waals surface area contributed by atoms with Gasteiger partial charge in [-0.1, -0.05) is 0 Å². The SMILES string of the molecule is CC(=O)OCC(COC(C)=O)[C@@H](C)F. The predicted octanol–water partition coefficient (Wildman–Crippen LogP) is 1.09. The highest BCUT2D eigenvalue weighted by Crippen LogP contribution is 2.09. The van der Waals surface area contributed by atoms with Gasteiger partial charge < -0.3 is 9.47 Å². The normalized spacial score (nSPS) is 12.4. The zero-order valence-electron chi connectivity index (χ0n) is 8.58. The lowest BCUT2D eigenvalue weighted by Crippen LogP contribution is -2.26. The van der Waals surface area contributed by atoms with Crippen LogP contribution in [-0.2, 0) is 19.1 Å². The van der Waals surface area contributed by atoms with Crippen molar-refractivity contribution < 1.29 is 23.5 Å². The zero-order chi connectivity index (χ0) is 11.1. The van der Waals surface area contributed by atoms with Gasteiger partial charge in [0.15, 0.2) is 0 Å². The molecule has 0 saturated heterocycles. The summed E-state index contributed by atoms with van der Waals surface area (Å²) in [7, 11) is 0. The Hall–Kier alpha value is -1.13. The first-order valence-corrected chi connectivity index (χ1v) is 4.34. The van der Waals surface area contributed by atoms with Crippen LogP contribution in [0.4, 0.5) is 4.39 Å². The molecule has 0 amide bonds. The average molecular weight is 206 g/mol. The van der Waals surface area contributed by atoms with E-state index in [0.717, 1.165) is 0 Å². The second-order valence-electron chi connectivity index (χ2n) is 3.04. The molecule has 0 aromatic heterocycles. The van der Waals surface area contributed by atoms with Crippen LogP contribution in [-0.4, -0.2) is 31.3 Å². The lowest BCUT2D eigenvalue weighted by molar-refractivity contribution is -0.147. The van der Waals surface area contributed by atoms with E-state index in [2.05, 4.69) is 9.47 Å². The summed E-state index contributed by atoms with van der Waals surface area (Å²) >= 11 is 0. The molecular formula is C9H15FO4. The van der Waals surface area contributed by atoms with Gasteiger partial charge in [0.1, 0.15) is 19.4 Å². The fraction of sp³-hybridized carbons (Fsp3) is 0.778. The molecule has 0 aliphatic heterocycles. The monoisotopic (exact) mass is 206 g/mol. The molecule has 1 atom stereocenters. The van der Waals surface area contributed by atoms with Crippen LogP contribution in [0.1, 0.15) is 20.8 Å².